The fourth-order valence-corrected chi connectivity index (χ4v) is 2.41. The third kappa shape index (κ3) is 2.50. The smallest absolute Gasteiger partial charge is 0.0959 e. The van der Waals surface area contributed by atoms with E-state index in [0.29, 0.717) is 0 Å². The highest BCUT2D eigenvalue weighted by atomic mass is 15.3. The number of hydrogen-bond donors (Lipinski definition) is 0. The van der Waals surface area contributed by atoms with Gasteiger partial charge in [-0.2, -0.15) is 5.10 Å². The van der Waals surface area contributed by atoms with Gasteiger partial charge in [0, 0.05) is 11.8 Å². The number of benzene rings is 2. The van der Waals surface area contributed by atoms with Crippen molar-refractivity contribution in [3.8, 4) is 16.9 Å². The maximum Gasteiger partial charge on any atom is 0.0959 e. The number of hydrogen-bond acceptors (Lipinski definition) is 1. The minimum atomic E-state index is 1.05. The van der Waals surface area contributed by atoms with Crippen LogP contribution in [0.25, 0.3) is 16.9 Å². The molecule has 3 rings (SSSR count). The highest BCUT2D eigenvalue weighted by Crippen LogP contribution is 2.24. The normalized spacial score (nSPS) is 10.7. The van der Waals surface area contributed by atoms with Crippen LogP contribution >= 0.6 is 0 Å². The third-order valence-electron chi connectivity index (χ3n) is 3.38. The largest absolute Gasteiger partial charge is 0.240 e. The van der Waals surface area contributed by atoms with E-state index in [2.05, 4.69) is 49.5 Å². The van der Waals surface area contributed by atoms with Crippen molar-refractivity contribution in [2.75, 3.05) is 0 Å². The Hall–Kier alpha value is -2.35. The SMILES string of the molecule is CCCc1cn(-c2ccccc2)nc1-c1ccccc1. The molecule has 0 aliphatic carbocycles. The van der Waals surface area contributed by atoms with Gasteiger partial charge in [-0.3, -0.25) is 0 Å². The van der Waals surface area contributed by atoms with Gasteiger partial charge in [0.2, 0.25) is 0 Å². The van der Waals surface area contributed by atoms with E-state index in [1.165, 1.54) is 11.1 Å². The van der Waals surface area contributed by atoms with Crippen molar-refractivity contribution < 1.29 is 0 Å². The summed E-state index contributed by atoms with van der Waals surface area (Å²) in [6, 6.07) is 20.7. The lowest BCUT2D eigenvalue weighted by atomic mass is 10.1. The molecule has 2 nitrogen and oxygen atoms in total. The van der Waals surface area contributed by atoms with Crippen LogP contribution in [0.1, 0.15) is 18.9 Å². The third-order valence-corrected chi connectivity index (χ3v) is 3.38. The lowest BCUT2D eigenvalue weighted by Gasteiger charge is -2.00. The predicted molar refractivity (Wildman–Crippen MR) is 83.0 cm³/mol. The van der Waals surface area contributed by atoms with Gasteiger partial charge in [-0.05, 0) is 24.1 Å². The summed E-state index contributed by atoms with van der Waals surface area (Å²) in [5.74, 6) is 0. The summed E-state index contributed by atoms with van der Waals surface area (Å²) in [6.45, 7) is 2.20. The molecule has 0 radical (unpaired) electrons. The topological polar surface area (TPSA) is 17.8 Å². The van der Waals surface area contributed by atoms with Gasteiger partial charge in [0.05, 0.1) is 11.4 Å². The first-order valence-corrected chi connectivity index (χ1v) is 7.08. The maximum absolute atomic E-state index is 4.79. The summed E-state index contributed by atoms with van der Waals surface area (Å²) >= 11 is 0. The first kappa shape index (κ1) is 12.7. The molecule has 0 unspecified atom stereocenters. The average molecular weight is 262 g/mol. The fraction of sp³-hybridized carbons (Fsp3) is 0.167. The van der Waals surface area contributed by atoms with Gasteiger partial charge in [0.15, 0.2) is 0 Å². The molecular weight excluding hydrogens is 244 g/mol. The highest BCUT2D eigenvalue weighted by molar-refractivity contribution is 5.63. The molecule has 0 aliphatic heterocycles. The van der Waals surface area contributed by atoms with E-state index in [1.54, 1.807) is 0 Å². The summed E-state index contributed by atoms with van der Waals surface area (Å²) in [5.41, 5.74) is 4.69. The molecule has 0 saturated carbocycles. The molecule has 1 heterocycles. The minimum absolute atomic E-state index is 1.05. The van der Waals surface area contributed by atoms with E-state index in [0.717, 1.165) is 24.2 Å². The molecule has 2 heteroatoms. The second-order valence-corrected chi connectivity index (χ2v) is 4.90. The zero-order valence-electron chi connectivity index (χ0n) is 11.7. The number of aromatic nitrogens is 2. The van der Waals surface area contributed by atoms with Crippen LogP contribution in [0.2, 0.25) is 0 Å². The Bertz CT molecular complexity index is 669. The van der Waals surface area contributed by atoms with Crippen LogP contribution in [0.4, 0.5) is 0 Å². The number of aryl methyl sites for hydroxylation is 1. The molecule has 3 aromatic rings. The Morgan fingerprint density at radius 1 is 0.900 bits per heavy atom. The Morgan fingerprint density at radius 3 is 2.20 bits per heavy atom. The second-order valence-electron chi connectivity index (χ2n) is 4.90. The van der Waals surface area contributed by atoms with Crippen molar-refractivity contribution in [1.29, 1.82) is 0 Å². The van der Waals surface area contributed by atoms with E-state index < -0.39 is 0 Å². The zero-order valence-corrected chi connectivity index (χ0v) is 11.7. The summed E-state index contributed by atoms with van der Waals surface area (Å²) in [5, 5.41) is 4.79. The number of nitrogens with zero attached hydrogens (tertiary/aromatic N) is 2. The standard InChI is InChI=1S/C18H18N2/c1-2-9-16-14-20(17-12-7-4-8-13-17)19-18(16)15-10-5-3-6-11-15/h3-8,10-14H,2,9H2,1H3. The minimum Gasteiger partial charge on any atom is -0.240 e. The van der Waals surface area contributed by atoms with Crippen LogP contribution < -0.4 is 0 Å². The van der Waals surface area contributed by atoms with Crippen LogP contribution in [0.15, 0.2) is 66.9 Å². The Morgan fingerprint density at radius 2 is 1.55 bits per heavy atom. The van der Waals surface area contributed by atoms with Crippen molar-refractivity contribution >= 4 is 0 Å². The fourth-order valence-electron chi connectivity index (χ4n) is 2.41. The molecule has 0 aliphatic rings. The van der Waals surface area contributed by atoms with Crippen LogP contribution in [0.5, 0.6) is 0 Å². The van der Waals surface area contributed by atoms with Crippen LogP contribution in [-0.4, -0.2) is 9.78 Å². The molecule has 0 bridgehead atoms. The Kier molecular flexibility index (Phi) is 3.64. The first-order valence-electron chi connectivity index (χ1n) is 7.08. The molecule has 100 valence electrons. The second kappa shape index (κ2) is 5.74. The molecular formula is C18H18N2. The van der Waals surface area contributed by atoms with E-state index in [1.807, 2.05) is 28.9 Å². The van der Waals surface area contributed by atoms with Gasteiger partial charge in [-0.25, -0.2) is 4.68 Å². The van der Waals surface area contributed by atoms with Crippen molar-refractivity contribution in [2.45, 2.75) is 19.8 Å². The van der Waals surface area contributed by atoms with Gasteiger partial charge >= 0.3 is 0 Å². The van der Waals surface area contributed by atoms with Gasteiger partial charge in [0.25, 0.3) is 0 Å². The molecule has 0 amide bonds. The van der Waals surface area contributed by atoms with Gasteiger partial charge in [-0.1, -0.05) is 61.9 Å². The molecule has 0 atom stereocenters. The van der Waals surface area contributed by atoms with E-state index >= 15 is 0 Å². The molecule has 0 spiro atoms. The van der Waals surface area contributed by atoms with Gasteiger partial charge in [-0.15, -0.1) is 0 Å². The van der Waals surface area contributed by atoms with Crippen molar-refractivity contribution in [1.82, 2.24) is 9.78 Å². The molecule has 2 aromatic carbocycles. The summed E-state index contributed by atoms with van der Waals surface area (Å²) in [4.78, 5) is 0. The molecule has 0 saturated heterocycles. The van der Waals surface area contributed by atoms with E-state index in [4.69, 9.17) is 5.10 Å². The number of rotatable bonds is 4. The van der Waals surface area contributed by atoms with Gasteiger partial charge in [0.1, 0.15) is 0 Å². The lowest BCUT2D eigenvalue weighted by Crippen LogP contribution is -1.93. The summed E-state index contributed by atoms with van der Waals surface area (Å²) in [6.07, 6.45) is 4.33. The maximum atomic E-state index is 4.79. The highest BCUT2D eigenvalue weighted by Gasteiger charge is 2.11. The molecule has 1 aromatic heterocycles. The van der Waals surface area contributed by atoms with E-state index in [9.17, 15) is 0 Å². The molecule has 0 fully saturated rings. The van der Waals surface area contributed by atoms with Crippen LogP contribution in [-0.2, 0) is 6.42 Å². The van der Waals surface area contributed by atoms with Crippen molar-refractivity contribution in [2.24, 2.45) is 0 Å². The summed E-state index contributed by atoms with van der Waals surface area (Å²) in [7, 11) is 0. The quantitative estimate of drug-likeness (QED) is 0.677. The van der Waals surface area contributed by atoms with Crippen LogP contribution in [0.3, 0.4) is 0 Å². The zero-order chi connectivity index (χ0) is 13.8. The predicted octanol–water partition coefficient (Wildman–Crippen LogP) is 4.49. The van der Waals surface area contributed by atoms with Gasteiger partial charge < -0.3 is 0 Å². The number of para-hydroxylation sites is 1. The Balaban J connectivity index is 2.08. The van der Waals surface area contributed by atoms with Crippen LogP contribution in [0, 0.1) is 0 Å². The lowest BCUT2D eigenvalue weighted by molar-refractivity contribution is 0.879. The summed E-state index contributed by atoms with van der Waals surface area (Å²) < 4.78 is 1.98. The first-order chi connectivity index (χ1) is 9.88. The average Bonchev–Trinajstić information content (AvgIpc) is 2.94. The molecule has 20 heavy (non-hydrogen) atoms. The van der Waals surface area contributed by atoms with Crippen molar-refractivity contribution in [3.05, 3.63) is 72.4 Å². The van der Waals surface area contributed by atoms with E-state index in [-0.39, 0.29) is 0 Å². The monoisotopic (exact) mass is 262 g/mol. The molecule has 0 N–H and O–H groups in total. The Labute approximate surface area is 119 Å². The van der Waals surface area contributed by atoms with Crippen molar-refractivity contribution in [3.63, 3.8) is 0 Å².